The Morgan fingerprint density at radius 2 is 1.91 bits per heavy atom. The summed E-state index contributed by atoms with van der Waals surface area (Å²) in [5, 5.41) is 8.72. The molecule has 1 fully saturated rings. The zero-order valence-corrected chi connectivity index (χ0v) is 14.0. The first-order valence-corrected chi connectivity index (χ1v) is 7.92. The molecule has 0 aromatic carbocycles. The van der Waals surface area contributed by atoms with Crippen LogP contribution in [0.3, 0.4) is 0 Å². The predicted octanol–water partition coefficient (Wildman–Crippen LogP) is 2.25. The van der Waals surface area contributed by atoms with Gasteiger partial charge in [-0.05, 0) is 25.7 Å². The molecule has 124 valence electrons. The van der Waals surface area contributed by atoms with Crippen molar-refractivity contribution in [3.05, 3.63) is 0 Å². The van der Waals surface area contributed by atoms with Crippen LogP contribution in [0.1, 0.15) is 40.0 Å². The average Bonchev–Trinajstić information content (AvgIpc) is 2.51. The van der Waals surface area contributed by atoms with E-state index in [0.717, 1.165) is 0 Å². The summed E-state index contributed by atoms with van der Waals surface area (Å²) in [6, 6.07) is 2.01. The number of carbonyl (C=O) groups is 2. The molecule has 0 saturated carbocycles. The van der Waals surface area contributed by atoms with Crippen molar-refractivity contribution in [2.24, 2.45) is 11.8 Å². The summed E-state index contributed by atoms with van der Waals surface area (Å²) in [4.78, 5) is 27.6. The molecule has 1 aliphatic heterocycles. The van der Waals surface area contributed by atoms with E-state index >= 15 is 0 Å². The fourth-order valence-electron chi connectivity index (χ4n) is 2.41. The molecular formula is C16H27N3O3. The Morgan fingerprint density at radius 1 is 1.32 bits per heavy atom. The molecule has 0 aromatic rings. The molecule has 2 amide bonds. The van der Waals surface area contributed by atoms with Crippen molar-refractivity contribution in [3.8, 4) is 6.07 Å². The molecule has 6 heteroatoms. The predicted molar refractivity (Wildman–Crippen MR) is 82.9 cm³/mol. The third-order valence-corrected chi connectivity index (χ3v) is 4.04. The van der Waals surface area contributed by atoms with E-state index in [1.807, 2.05) is 20.8 Å². The van der Waals surface area contributed by atoms with Crippen molar-refractivity contribution in [2.75, 3.05) is 26.7 Å². The van der Waals surface area contributed by atoms with Crippen LogP contribution in [0.25, 0.3) is 0 Å². The van der Waals surface area contributed by atoms with Crippen molar-refractivity contribution in [3.63, 3.8) is 0 Å². The van der Waals surface area contributed by atoms with E-state index < -0.39 is 0 Å². The highest BCUT2D eigenvalue weighted by Crippen LogP contribution is 2.21. The van der Waals surface area contributed by atoms with Gasteiger partial charge in [0, 0.05) is 32.1 Å². The molecule has 0 radical (unpaired) electrons. The number of amides is 2. The highest BCUT2D eigenvalue weighted by molar-refractivity contribution is 5.79. The van der Waals surface area contributed by atoms with E-state index in [2.05, 4.69) is 6.07 Å². The van der Waals surface area contributed by atoms with Gasteiger partial charge in [-0.25, -0.2) is 4.79 Å². The Hall–Kier alpha value is -1.77. The van der Waals surface area contributed by atoms with Crippen LogP contribution in [0.4, 0.5) is 4.79 Å². The average molecular weight is 309 g/mol. The molecule has 6 nitrogen and oxygen atoms in total. The third kappa shape index (κ3) is 5.21. The Labute approximate surface area is 133 Å². The largest absolute Gasteiger partial charge is 0.449 e. The molecule has 0 spiro atoms. The molecule has 1 unspecified atom stereocenters. The van der Waals surface area contributed by atoms with Crippen LogP contribution in [0, 0.1) is 23.2 Å². The maximum Gasteiger partial charge on any atom is 0.409 e. The summed E-state index contributed by atoms with van der Waals surface area (Å²) >= 11 is 0. The van der Waals surface area contributed by atoms with E-state index in [0.29, 0.717) is 44.9 Å². The van der Waals surface area contributed by atoms with Crippen LogP contribution in [0.15, 0.2) is 0 Å². The summed E-state index contributed by atoms with van der Waals surface area (Å²) in [7, 11) is 1.74. The van der Waals surface area contributed by atoms with Crippen molar-refractivity contribution in [2.45, 2.75) is 46.1 Å². The fraction of sp³-hybridized carbons (Fsp3) is 0.812. The van der Waals surface area contributed by atoms with Gasteiger partial charge in [0.25, 0.3) is 0 Å². The number of hydrogen-bond acceptors (Lipinski definition) is 4. The number of nitriles is 1. The minimum absolute atomic E-state index is 0.0675. The number of carbonyl (C=O) groups excluding carboxylic acids is 2. The van der Waals surface area contributed by atoms with Crippen molar-refractivity contribution in [1.82, 2.24) is 9.80 Å². The smallest absolute Gasteiger partial charge is 0.409 e. The van der Waals surface area contributed by atoms with Crippen LogP contribution in [-0.4, -0.2) is 54.6 Å². The van der Waals surface area contributed by atoms with Gasteiger partial charge in [-0.1, -0.05) is 13.8 Å². The molecule has 0 bridgehead atoms. The minimum atomic E-state index is -0.286. The van der Waals surface area contributed by atoms with E-state index in [1.54, 1.807) is 16.8 Å². The van der Waals surface area contributed by atoms with Crippen molar-refractivity contribution < 1.29 is 14.3 Å². The Kier molecular flexibility index (Phi) is 7.16. The molecule has 1 heterocycles. The second-order valence-corrected chi connectivity index (χ2v) is 6.39. The van der Waals surface area contributed by atoms with Crippen LogP contribution in [0.5, 0.6) is 0 Å². The Balaban J connectivity index is 2.43. The summed E-state index contributed by atoms with van der Waals surface area (Å²) < 4.78 is 5.21. The summed E-state index contributed by atoms with van der Waals surface area (Å²) in [6.07, 6.45) is 1.35. The summed E-state index contributed by atoms with van der Waals surface area (Å²) in [5.41, 5.74) is 0. The molecule has 22 heavy (non-hydrogen) atoms. The van der Waals surface area contributed by atoms with Gasteiger partial charge in [-0.15, -0.1) is 0 Å². The molecule has 0 aliphatic carbocycles. The number of piperidine rings is 1. The molecule has 1 aliphatic rings. The van der Waals surface area contributed by atoms with Gasteiger partial charge in [-0.3, -0.25) is 4.79 Å². The maximum atomic E-state index is 12.4. The van der Waals surface area contributed by atoms with Gasteiger partial charge < -0.3 is 14.5 Å². The Bertz CT molecular complexity index is 423. The summed E-state index contributed by atoms with van der Waals surface area (Å²) in [5.74, 6) is 0.316. The lowest BCUT2D eigenvalue weighted by atomic mass is 9.95. The number of ether oxygens (including phenoxy) is 1. The molecule has 1 saturated heterocycles. The normalized spacial score (nSPS) is 17.0. The standard InChI is InChI=1S/C16H27N3O3/c1-12(2)11-22-16(21)19-9-6-14(7-10-19)15(20)18(4)13(3)5-8-17/h12-14H,5-7,9-11H2,1-4H3. The Morgan fingerprint density at radius 3 is 2.41 bits per heavy atom. The van der Waals surface area contributed by atoms with E-state index in [-0.39, 0.29) is 24.0 Å². The van der Waals surface area contributed by atoms with E-state index in [4.69, 9.17) is 10.00 Å². The zero-order chi connectivity index (χ0) is 16.7. The SMILES string of the molecule is CC(C)COC(=O)N1CCC(C(=O)N(C)C(C)CC#N)CC1. The summed E-state index contributed by atoms with van der Waals surface area (Å²) in [6.45, 7) is 7.39. The van der Waals surface area contributed by atoms with Gasteiger partial charge >= 0.3 is 6.09 Å². The van der Waals surface area contributed by atoms with E-state index in [1.165, 1.54) is 0 Å². The first kappa shape index (κ1) is 18.3. The van der Waals surface area contributed by atoms with Gasteiger partial charge in [0.05, 0.1) is 19.1 Å². The van der Waals surface area contributed by atoms with Crippen molar-refractivity contribution in [1.29, 1.82) is 5.26 Å². The third-order valence-electron chi connectivity index (χ3n) is 4.04. The van der Waals surface area contributed by atoms with Crippen molar-refractivity contribution >= 4 is 12.0 Å². The number of likely N-dealkylation sites (tertiary alicyclic amines) is 1. The molecule has 0 N–H and O–H groups in total. The lowest BCUT2D eigenvalue weighted by Crippen LogP contribution is -2.45. The van der Waals surface area contributed by atoms with Crippen LogP contribution in [0.2, 0.25) is 0 Å². The first-order valence-electron chi connectivity index (χ1n) is 7.92. The number of nitrogens with zero attached hydrogens (tertiary/aromatic N) is 3. The lowest BCUT2D eigenvalue weighted by molar-refractivity contribution is -0.137. The van der Waals surface area contributed by atoms with Crippen LogP contribution < -0.4 is 0 Å². The molecule has 1 rings (SSSR count). The topological polar surface area (TPSA) is 73.6 Å². The van der Waals surface area contributed by atoms with Gasteiger partial charge in [-0.2, -0.15) is 5.26 Å². The molecule has 1 atom stereocenters. The molecule has 0 aromatic heterocycles. The zero-order valence-electron chi connectivity index (χ0n) is 14.0. The fourth-order valence-corrected chi connectivity index (χ4v) is 2.41. The lowest BCUT2D eigenvalue weighted by Gasteiger charge is -2.34. The van der Waals surface area contributed by atoms with Crippen LogP contribution >= 0.6 is 0 Å². The van der Waals surface area contributed by atoms with Gasteiger partial charge in [0.2, 0.25) is 5.91 Å². The van der Waals surface area contributed by atoms with Gasteiger partial charge in [0.15, 0.2) is 0 Å². The second-order valence-electron chi connectivity index (χ2n) is 6.39. The number of hydrogen-bond donors (Lipinski definition) is 0. The highest BCUT2D eigenvalue weighted by Gasteiger charge is 2.30. The quantitative estimate of drug-likeness (QED) is 0.780. The second kappa shape index (κ2) is 8.62. The van der Waals surface area contributed by atoms with E-state index in [9.17, 15) is 9.59 Å². The molecular weight excluding hydrogens is 282 g/mol. The highest BCUT2D eigenvalue weighted by atomic mass is 16.6. The van der Waals surface area contributed by atoms with Crippen LogP contribution in [-0.2, 0) is 9.53 Å². The minimum Gasteiger partial charge on any atom is -0.449 e. The first-order chi connectivity index (χ1) is 10.4. The maximum absolute atomic E-state index is 12.4. The number of rotatable bonds is 5. The monoisotopic (exact) mass is 309 g/mol. The van der Waals surface area contributed by atoms with Gasteiger partial charge in [0.1, 0.15) is 0 Å².